The first-order valence-corrected chi connectivity index (χ1v) is 10.6. The van der Waals surface area contributed by atoms with E-state index in [0.717, 1.165) is 26.9 Å². The molecule has 2 aromatic carbocycles. The summed E-state index contributed by atoms with van der Waals surface area (Å²) in [6.07, 6.45) is 0. The number of ether oxygens (including phenoxy) is 2. The number of aromatic nitrogens is 1. The van der Waals surface area contributed by atoms with Crippen molar-refractivity contribution in [3.8, 4) is 22.8 Å². The fraction of sp³-hybridized carbons (Fsp3) is 0.238. The molecule has 1 amide bonds. The fourth-order valence-corrected chi connectivity index (χ4v) is 4.38. The van der Waals surface area contributed by atoms with Gasteiger partial charge in [0.05, 0.1) is 31.7 Å². The van der Waals surface area contributed by atoms with Crippen molar-refractivity contribution in [3.05, 3.63) is 59.5 Å². The highest BCUT2D eigenvalue weighted by Crippen LogP contribution is 2.30. The molecule has 28 heavy (non-hydrogen) atoms. The lowest BCUT2D eigenvalue weighted by atomic mass is 10.1. The first kappa shape index (κ1) is 20.2. The molecule has 1 N–H and O–H groups in total. The van der Waals surface area contributed by atoms with E-state index in [1.165, 1.54) is 11.8 Å². The molecular weight excluding hydrogens is 392 g/mol. The first-order chi connectivity index (χ1) is 13.6. The quantitative estimate of drug-likeness (QED) is 0.537. The predicted molar refractivity (Wildman–Crippen MR) is 114 cm³/mol. The van der Waals surface area contributed by atoms with E-state index in [4.69, 9.17) is 9.47 Å². The standard InChI is InChI=1S/C21H22N2O3S2/c1-14(17-11-16(25-2)9-10-19(17)26-3)22-20(24)13-28-21-23-18(12-27-21)15-7-5-4-6-8-15/h4-12,14H,13H2,1-3H3,(H,22,24)/t14-/m0/s1. The van der Waals surface area contributed by atoms with Gasteiger partial charge in [0, 0.05) is 16.5 Å². The lowest BCUT2D eigenvalue weighted by Crippen LogP contribution is -2.28. The van der Waals surface area contributed by atoms with E-state index in [1.54, 1.807) is 25.6 Å². The molecule has 3 rings (SSSR count). The molecule has 0 fully saturated rings. The summed E-state index contributed by atoms with van der Waals surface area (Å²) in [5, 5.41) is 5.03. The summed E-state index contributed by atoms with van der Waals surface area (Å²) < 4.78 is 11.6. The Morgan fingerprint density at radius 3 is 2.68 bits per heavy atom. The number of nitrogens with zero attached hydrogens (tertiary/aromatic N) is 1. The molecule has 5 nitrogen and oxygen atoms in total. The molecule has 7 heteroatoms. The lowest BCUT2D eigenvalue weighted by molar-refractivity contribution is -0.119. The molecule has 1 heterocycles. The topological polar surface area (TPSA) is 60.5 Å². The first-order valence-electron chi connectivity index (χ1n) is 8.75. The van der Waals surface area contributed by atoms with Crippen LogP contribution in [0.4, 0.5) is 0 Å². The van der Waals surface area contributed by atoms with Gasteiger partial charge in [-0.2, -0.15) is 0 Å². The number of hydrogen-bond donors (Lipinski definition) is 1. The van der Waals surface area contributed by atoms with Gasteiger partial charge in [-0.1, -0.05) is 42.1 Å². The summed E-state index contributed by atoms with van der Waals surface area (Å²) >= 11 is 2.99. The zero-order chi connectivity index (χ0) is 19.9. The van der Waals surface area contributed by atoms with Crippen LogP contribution in [0.25, 0.3) is 11.3 Å². The average Bonchev–Trinajstić information content (AvgIpc) is 3.21. The van der Waals surface area contributed by atoms with Crippen molar-refractivity contribution in [2.45, 2.75) is 17.3 Å². The summed E-state index contributed by atoms with van der Waals surface area (Å²) in [5.74, 6) is 1.69. The van der Waals surface area contributed by atoms with E-state index >= 15 is 0 Å². The molecule has 0 spiro atoms. The number of methoxy groups -OCH3 is 2. The zero-order valence-electron chi connectivity index (χ0n) is 16.0. The number of nitrogens with one attached hydrogen (secondary N) is 1. The highest BCUT2D eigenvalue weighted by molar-refractivity contribution is 8.01. The van der Waals surface area contributed by atoms with Gasteiger partial charge in [0.1, 0.15) is 11.5 Å². The molecule has 1 aromatic heterocycles. The van der Waals surface area contributed by atoms with Gasteiger partial charge >= 0.3 is 0 Å². The van der Waals surface area contributed by atoms with Crippen LogP contribution in [0, 0.1) is 0 Å². The van der Waals surface area contributed by atoms with Crippen molar-refractivity contribution < 1.29 is 14.3 Å². The molecule has 0 aliphatic carbocycles. The largest absolute Gasteiger partial charge is 0.497 e. The molecule has 0 aliphatic rings. The summed E-state index contributed by atoms with van der Waals surface area (Å²) in [7, 11) is 3.23. The maximum atomic E-state index is 12.4. The van der Waals surface area contributed by atoms with Gasteiger partial charge in [-0.05, 0) is 25.1 Å². The third kappa shape index (κ3) is 5.05. The third-order valence-electron chi connectivity index (χ3n) is 4.16. The minimum absolute atomic E-state index is 0.0566. The molecule has 3 aromatic rings. The SMILES string of the molecule is COc1ccc(OC)c([C@H](C)NC(=O)CSc2nc(-c3ccccc3)cs2)c1. The molecule has 0 bridgehead atoms. The second kappa shape index (κ2) is 9.61. The van der Waals surface area contributed by atoms with Gasteiger partial charge in [0.15, 0.2) is 4.34 Å². The van der Waals surface area contributed by atoms with Gasteiger partial charge in [-0.3, -0.25) is 4.79 Å². The van der Waals surface area contributed by atoms with Gasteiger partial charge in [0.25, 0.3) is 0 Å². The van der Waals surface area contributed by atoms with E-state index in [0.29, 0.717) is 11.5 Å². The Bertz CT molecular complexity index is 928. The Kier molecular flexibility index (Phi) is 6.95. The Morgan fingerprint density at radius 2 is 1.96 bits per heavy atom. The molecule has 0 aliphatic heterocycles. The van der Waals surface area contributed by atoms with Crippen molar-refractivity contribution in [1.82, 2.24) is 10.3 Å². The minimum atomic E-state index is -0.200. The van der Waals surface area contributed by atoms with Gasteiger partial charge in [0.2, 0.25) is 5.91 Å². The van der Waals surface area contributed by atoms with E-state index in [1.807, 2.05) is 60.8 Å². The van der Waals surface area contributed by atoms with Crippen LogP contribution in [0.15, 0.2) is 58.3 Å². The maximum absolute atomic E-state index is 12.4. The highest BCUT2D eigenvalue weighted by atomic mass is 32.2. The molecule has 1 atom stereocenters. The number of carbonyl (C=O) groups is 1. The summed E-state index contributed by atoms with van der Waals surface area (Å²) in [4.78, 5) is 17.0. The van der Waals surface area contributed by atoms with E-state index in [2.05, 4.69) is 10.3 Å². The molecule has 0 unspecified atom stereocenters. The number of rotatable bonds is 8. The highest BCUT2D eigenvalue weighted by Gasteiger charge is 2.16. The Hall–Kier alpha value is -2.51. The van der Waals surface area contributed by atoms with E-state index < -0.39 is 0 Å². The van der Waals surface area contributed by atoms with Crippen molar-refractivity contribution >= 4 is 29.0 Å². The number of carbonyl (C=O) groups excluding carboxylic acids is 1. The number of amides is 1. The molecule has 0 saturated carbocycles. The van der Waals surface area contributed by atoms with Crippen molar-refractivity contribution in [1.29, 1.82) is 0 Å². The summed E-state index contributed by atoms with van der Waals surface area (Å²) in [5.41, 5.74) is 2.89. The van der Waals surface area contributed by atoms with E-state index in [9.17, 15) is 4.79 Å². The van der Waals surface area contributed by atoms with Crippen LogP contribution < -0.4 is 14.8 Å². The van der Waals surface area contributed by atoms with Crippen LogP contribution in [0.2, 0.25) is 0 Å². The smallest absolute Gasteiger partial charge is 0.230 e. The Labute approximate surface area is 173 Å². The van der Waals surface area contributed by atoms with Gasteiger partial charge in [-0.25, -0.2) is 4.98 Å². The van der Waals surface area contributed by atoms with Crippen LogP contribution in [-0.2, 0) is 4.79 Å². The molecular formula is C21H22N2O3S2. The average molecular weight is 415 g/mol. The van der Waals surface area contributed by atoms with Crippen LogP contribution in [-0.4, -0.2) is 30.9 Å². The van der Waals surface area contributed by atoms with Crippen LogP contribution in [0.1, 0.15) is 18.5 Å². The van der Waals surface area contributed by atoms with Crippen molar-refractivity contribution in [3.63, 3.8) is 0 Å². The third-order valence-corrected chi connectivity index (χ3v) is 6.18. The predicted octanol–water partition coefficient (Wildman–Crippen LogP) is 4.80. The lowest BCUT2D eigenvalue weighted by Gasteiger charge is -2.18. The van der Waals surface area contributed by atoms with Gasteiger partial charge < -0.3 is 14.8 Å². The minimum Gasteiger partial charge on any atom is -0.497 e. The van der Waals surface area contributed by atoms with Crippen LogP contribution in [0.3, 0.4) is 0 Å². The fourth-order valence-electron chi connectivity index (χ4n) is 2.73. The molecule has 0 saturated heterocycles. The normalized spacial score (nSPS) is 11.7. The maximum Gasteiger partial charge on any atom is 0.230 e. The monoisotopic (exact) mass is 414 g/mol. The Morgan fingerprint density at radius 1 is 1.18 bits per heavy atom. The van der Waals surface area contributed by atoms with Crippen LogP contribution in [0.5, 0.6) is 11.5 Å². The van der Waals surface area contributed by atoms with Crippen LogP contribution >= 0.6 is 23.1 Å². The summed E-state index contributed by atoms with van der Waals surface area (Å²) in [6, 6.07) is 15.4. The van der Waals surface area contributed by atoms with Crippen molar-refractivity contribution in [2.24, 2.45) is 0 Å². The number of hydrogen-bond acceptors (Lipinski definition) is 6. The number of thiazole rings is 1. The number of benzene rings is 2. The molecule has 0 radical (unpaired) electrons. The second-order valence-corrected chi connectivity index (χ2v) is 8.13. The van der Waals surface area contributed by atoms with E-state index in [-0.39, 0.29) is 11.9 Å². The van der Waals surface area contributed by atoms with Gasteiger partial charge in [-0.15, -0.1) is 11.3 Å². The number of thioether (sulfide) groups is 1. The second-order valence-electron chi connectivity index (χ2n) is 6.05. The Balaban J connectivity index is 1.58. The zero-order valence-corrected chi connectivity index (χ0v) is 17.6. The van der Waals surface area contributed by atoms with Crippen molar-refractivity contribution in [2.75, 3.05) is 20.0 Å². The molecule has 146 valence electrons. The summed E-state index contributed by atoms with van der Waals surface area (Å²) in [6.45, 7) is 1.93.